The van der Waals surface area contributed by atoms with Crippen LogP contribution < -0.4 is 4.74 Å². The third kappa shape index (κ3) is 3.43. The van der Waals surface area contributed by atoms with E-state index in [0.29, 0.717) is 5.92 Å². The van der Waals surface area contributed by atoms with Gasteiger partial charge in [0.05, 0.1) is 7.11 Å². The second kappa shape index (κ2) is 7.44. The van der Waals surface area contributed by atoms with Gasteiger partial charge >= 0.3 is 0 Å². The fraction of sp³-hybridized carbons (Fsp3) is 0.476. The number of aromatic nitrogens is 4. The largest absolute Gasteiger partial charge is 0.497 e. The molecule has 1 saturated carbocycles. The summed E-state index contributed by atoms with van der Waals surface area (Å²) < 4.78 is 7.39. The van der Waals surface area contributed by atoms with E-state index in [4.69, 9.17) is 14.7 Å². The standard InChI is InChI=1S/C21H26N4O/c1-25-20(9-8-17-13-18(26-2)10-11-22-17)24-19-12-16(14-23-21(19)25)15-6-4-3-5-7-15/h10-15H,3-9H2,1-2H3. The van der Waals surface area contributed by atoms with Gasteiger partial charge in [0.2, 0.25) is 0 Å². The van der Waals surface area contributed by atoms with Crippen molar-refractivity contribution in [2.24, 2.45) is 7.05 Å². The summed E-state index contributed by atoms with van der Waals surface area (Å²) in [6, 6.07) is 6.11. The zero-order valence-corrected chi connectivity index (χ0v) is 15.6. The van der Waals surface area contributed by atoms with Gasteiger partial charge in [0.25, 0.3) is 0 Å². The van der Waals surface area contributed by atoms with Gasteiger partial charge in [0.15, 0.2) is 5.65 Å². The first-order valence-electron chi connectivity index (χ1n) is 9.55. The molecule has 136 valence electrons. The molecule has 0 aromatic carbocycles. The van der Waals surface area contributed by atoms with Gasteiger partial charge < -0.3 is 9.30 Å². The van der Waals surface area contributed by atoms with E-state index in [1.165, 1.54) is 37.7 Å². The average Bonchev–Trinajstić information content (AvgIpc) is 3.02. The summed E-state index contributed by atoms with van der Waals surface area (Å²) in [5.74, 6) is 2.56. The minimum atomic E-state index is 0.659. The molecule has 3 heterocycles. The highest BCUT2D eigenvalue weighted by molar-refractivity contribution is 5.72. The van der Waals surface area contributed by atoms with Crippen molar-refractivity contribution in [1.29, 1.82) is 0 Å². The first-order chi connectivity index (χ1) is 12.7. The smallest absolute Gasteiger partial charge is 0.159 e. The summed E-state index contributed by atoms with van der Waals surface area (Å²) in [4.78, 5) is 14.0. The Morgan fingerprint density at radius 3 is 2.77 bits per heavy atom. The van der Waals surface area contributed by atoms with Crippen molar-refractivity contribution in [3.8, 4) is 5.75 Å². The Kier molecular flexibility index (Phi) is 4.87. The molecule has 0 spiro atoms. The van der Waals surface area contributed by atoms with Crippen molar-refractivity contribution in [2.45, 2.75) is 50.9 Å². The van der Waals surface area contributed by atoms with Crippen molar-refractivity contribution < 1.29 is 4.74 Å². The highest BCUT2D eigenvalue weighted by Gasteiger charge is 2.18. The number of aryl methyl sites for hydroxylation is 3. The molecule has 0 unspecified atom stereocenters. The van der Waals surface area contributed by atoms with Crippen LogP contribution in [0.4, 0.5) is 0 Å². The van der Waals surface area contributed by atoms with Crippen LogP contribution in [0.2, 0.25) is 0 Å². The van der Waals surface area contributed by atoms with E-state index in [1.54, 1.807) is 13.3 Å². The van der Waals surface area contributed by atoms with Crippen LogP contribution in [0.25, 0.3) is 11.2 Å². The second-order valence-corrected chi connectivity index (χ2v) is 7.22. The third-order valence-electron chi connectivity index (χ3n) is 5.53. The van der Waals surface area contributed by atoms with Gasteiger partial charge in [-0.25, -0.2) is 9.97 Å². The van der Waals surface area contributed by atoms with E-state index in [1.807, 2.05) is 12.1 Å². The van der Waals surface area contributed by atoms with Crippen LogP contribution in [0.3, 0.4) is 0 Å². The molecule has 5 heteroatoms. The minimum absolute atomic E-state index is 0.659. The van der Waals surface area contributed by atoms with Gasteiger partial charge in [-0.05, 0) is 42.9 Å². The number of ether oxygens (including phenoxy) is 1. The number of fused-ring (bicyclic) bond motifs is 1. The molecule has 0 bridgehead atoms. The van der Waals surface area contributed by atoms with Crippen LogP contribution in [-0.2, 0) is 19.9 Å². The SMILES string of the molecule is COc1ccnc(CCc2nc3cc(C4CCCCC4)cnc3n2C)c1. The monoisotopic (exact) mass is 350 g/mol. The first kappa shape index (κ1) is 17.0. The molecule has 0 N–H and O–H groups in total. The first-order valence-corrected chi connectivity index (χ1v) is 9.55. The van der Waals surface area contributed by atoms with Crippen LogP contribution >= 0.6 is 0 Å². The van der Waals surface area contributed by atoms with Crippen LogP contribution in [-0.4, -0.2) is 26.6 Å². The van der Waals surface area contributed by atoms with E-state index < -0.39 is 0 Å². The number of hydrogen-bond acceptors (Lipinski definition) is 4. The van der Waals surface area contributed by atoms with Crippen LogP contribution in [0.1, 0.15) is 55.1 Å². The number of methoxy groups -OCH3 is 1. The van der Waals surface area contributed by atoms with Crippen LogP contribution in [0.5, 0.6) is 5.75 Å². The van der Waals surface area contributed by atoms with Gasteiger partial charge in [-0.3, -0.25) is 4.98 Å². The van der Waals surface area contributed by atoms with Crippen molar-refractivity contribution in [3.63, 3.8) is 0 Å². The molecule has 1 aliphatic carbocycles. The quantitative estimate of drug-likeness (QED) is 0.692. The second-order valence-electron chi connectivity index (χ2n) is 7.22. The maximum Gasteiger partial charge on any atom is 0.159 e. The molecule has 0 saturated heterocycles. The molecule has 0 aliphatic heterocycles. The summed E-state index contributed by atoms with van der Waals surface area (Å²) in [5.41, 5.74) is 4.37. The molecule has 3 aromatic rings. The number of imidazole rings is 1. The summed E-state index contributed by atoms with van der Waals surface area (Å²) in [6.45, 7) is 0. The molecule has 0 atom stereocenters. The fourth-order valence-electron chi connectivity index (χ4n) is 3.98. The molecule has 0 radical (unpaired) electrons. The maximum atomic E-state index is 5.28. The van der Waals surface area contributed by atoms with Gasteiger partial charge in [-0.2, -0.15) is 0 Å². The Hall–Kier alpha value is -2.43. The van der Waals surface area contributed by atoms with E-state index in [2.05, 4.69) is 28.9 Å². The van der Waals surface area contributed by atoms with Gasteiger partial charge in [-0.1, -0.05) is 19.3 Å². The average molecular weight is 350 g/mol. The van der Waals surface area contributed by atoms with E-state index in [-0.39, 0.29) is 0 Å². The lowest BCUT2D eigenvalue weighted by atomic mass is 9.85. The molecule has 26 heavy (non-hydrogen) atoms. The summed E-state index contributed by atoms with van der Waals surface area (Å²) in [6.07, 6.45) is 12.2. The number of nitrogens with zero attached hydrogens (tertiary/aromatic N) is 4. The lowest BCUT2D eigenvalue weighted by Crippen LogP contribution is -2.05. The van der Waals surface area contributed by atoms with E-state index in [0.717, 1.165) is 41.3 Å². The lowest BCUT2D eigenvalue weighted by molar-refractivity contribution is 0.413. The molecule has 0 amide bonds. The van der Waals surface area contributed by atoms with Crippen molar-refractivity contribution in [3.05, 3.63) is 47.7 Å². The summed E-state index contributed by atoms with van der Waals surface area (Å²) in [7, 11) is 3.73. The Bertz CT molecular complexity index is 896. The van der Waals surface area contributed by atoms with Crippen LogP contribution in [0, 0.1) is 0 Å². The maximum absolute atomic E-state index is 5.28. The predicted molar refractivity (Wildman–Crippen MR) is 103 cm³/mol. The van der Waals surface area contributed by atoms with Gasteiger partial charge in [0.1, 0.15) is 17.1 Å². The molecule has 1 fully saturated rings. The van der Waals surface area contributed by atoms with Crippen molar-refractivity contribution in [2.75, 3.05) is 7.11 Å². The Balaban J connectivity index is 1.54. The van der Waals surface area contributed by atoms with Gasteiger partial charge in [0, 0.05) is 37.6 Å². The minimum Gasteiger partial charge on any atom is -0.497 e. The Morgan fingerprint density at radius 2 is 1.96 bits per heavy atom. The molecule has 3 aromatic heterocycles. The predicted octanol–water partition coefficient (Wildman–Crippen LogP) is 4.20. The van der Waals surface area contributed by atoms with E-state index in [9.17, 15) is 0 Å². The molecule has 5 nitrogen and oxygen atoms in total. The number of rotatable bonds is 5. The number of hydrogen-bond donors (Lipinski definition) is 0. The lowest BCUT2D eigenvalue weighted by Gasteiger charge is -2.21. The van der Waals surface area contributed by atoms with Crippen molar-refractivity contribution in [1.82, 2.24) is 19.5 Å². The zero-order chi connectivity index (χ0) is 17.9. The highest BCUT2D eigenvalue weighted by Crippen LogP contribution is 2.33. The molecular weight excluding hydrogens is 324 g/mol. The Labute approximate surface area is 154 Å². The molecule has 1 aliphatic rings. The van der Waals surface area contributed by atoms with Gasteiger partial charge in [-0.15, -0.1) is 0 Å². The molecular formula is C21H26N4O. The number of pyridine rings is 2. The Morgan fingerprint density at radius 1 is 1.12 bits per heavy atom. The highest BCUT2D eigenvalue weighted by atomic mass is 16.5. The summed E-state index contributed by atoms with van der Waals surface area (Å²) >= 11 is 0. The molecule has 4 rings (SSSR count). The fourth-order valence-corrected chi connectivity index (χ4v) is 3.98. The topological polar surface area (TPSA) is 52.8 Å². The third-order valence-corrected chi connectivity index (χ3v) is 5.53. The normalized spacial score (nSPS) is 15.5. The van der Waals surface area contributed by atoms with Crippen molar-refractivity contribution >= 4 is 11.2 Å². The zero-order valence-electron chi connectivity index (χ0n) is 15.6. The van der Waals surface area contributed by atoms with E-state index >= 15 is 0 Å². The van der Waals surface area contributed by atoms with Crippen LogP contribution in [0.15, 0.2) is 30.6 Å². The summed E-state index contributed by atoms with van der Waals surface area (Å²) in [5, 5.41) is 0.